The Labute approximate surface area is 169 Å². The van der Waals surface area contributed by atoms with Gasteiger partial charge in [-0.3, -0.25) is 0 Å². The van der Waals surface area contributed by atoms with E-state index in [0.29, 0.717) is 21.7 Å². The zero-order chi connectivity index (χ0) is 19.2. The van der Waals surface area contributed by atoms with Crippen molar-refractivity contribution in [3.63, 3.8) is 0 Å². The van der Waals surface area contributed by atoms with Crippen LogP contribution in [0, 0.1) is 51.2 Å². The van der Waals surface area contributed by atoms with Crippen LogP contribution in [0.3, 0.4) is 0 Å². The summed E-state index contributed by atoms with van der Waals surface area (Å²) in [4.78, 5) is 0. The third-order valence-corrected chi connectivity index (χ3v) is 12.1. The van der Waals surface area contributed by atoms with Gasteiger partial charge in [0.25, 0.3) is 0 Å². The number of rotatable bonds is 0. The highest BCUT2D eigenvalue weighted by atomic mass is 14.7. The maximum atomic E-state index is 2.84. The Bertz CT molecular complexity index is 659. The topological polar surface area (TPSA) is 0 Å². The SMILES string of the molecule is C[C@H]1[C@H](C)CC[C@@]2(C)CC[C@]3(C)C(=CC[C@@H]4[C@]5(C)CCC[C@@H]5CC[C@]43C)[C@@H]12. The average Bonchev–Trinajstić information content (AvgIpc) is 3.01. The molecule has 9 atom stereocenters. The molecule has 4 fully saturated rings. The largest absolute Gasteiger partial charge is 0.0841 e. The third-order valence-electron chi connectivity index (χ3n) is 12.1. The maximum Gasteiger partial charge on any atom is -0.00564 e. The Hall–Kier alpha value is -0.260. The molecule has 0 unspecified atom stereocenters. The molecular weight excluding hydrogens is 324 g/mol. The Balaban J connectivity index is 1.61. The van der Waals surface area contributed by atoms with Gasteiger partial charge in [-0.15, -0.1) is 0 Å². The van der Waals surface area contributed by atoms with Gasteiger partial charge in [0.05, 0.1) is 0 Å². The van der Waals surface area contributed by atoms with Gasteiger partial charge >= 0.3 is 0 Å². The molecule has 0 amide bonds. The number of allylic oxidation sites excluding steroid dienone is 2. The lowest BCUT2D eigenvalue weighted by Gasteiger charge is -2.68. The number of fused-ring (bicyclic) bond motifs is 7. The summed E-state index contributed by atoms with van der Waals surface area (Å²) in [5, 5.41) is 0. The Morgan fingerprint density at radius 3 is 2.41 bits per heavy atom. The summed E-state index contributed by atoms with van der Waals surface area (Å²) in [5.41, 5.74) is 4.14. The van der Waals surface area contributed by atoms with Crippen molar-refractivity contribution < 1.29 is 0 Å². The van der Waals surface area contributed by atoms with E-state index in [-0.39, 0.29) is 0 Å². The van der Waals surface area contributed by atoms with E-state index in [4.69, 9.17) is 0 Å². The lowest BCUT2D eigenvalue weighted by atomic mass is 9.36. The molecule has 0 N–H and O–H groups in total. The van der Waals surface area contributed by atoms with E-state index in [2.05, 4.69) is 47.6 Å². The minimum atomic E-state index is 0.460. The first kappa shape index (κ1) is 18.7. The first-order valence-electron chi connectivity index (χ1n) is 12.4. The van der Waals surface area contributed by atoms with Gasteiger partial charge in [0, 0.05) is 0 Å². The van der Waals surface area contributed by atoms with Gasteiger partial charge in [0.15, 0.2) is 0 Å². The summed E-state index contributed by atoms with van der Waals surface area (Å²) < 4.78 is 0. The van der Waals surface area contributed by atoms with E-state index in [0.717, 1.165) is 29.6 Å². The summed E-state index contributed by atoms with van der Waals surface area (Å²) >= 11 is 0. The highest BCUT2D eigenvalue weighted by Gasteiger charge is 2.66. The van der Waals surface area contributed by atoms with Crippen LogP contribution < -0.4 is 0 Å². The summed E-state index contributed by atoms with van der Waals surface area (Å²) in [6.45, 7) is 16.0. The zero-order valence-corrected chi connectivity index (χ0v) is 19.0. The van der Waals surface area contributed by atoms with Gasteiger partial charge in [-0.2, -0.15) is 0 Å². The normalized spacial score (nSPS) is 59.9. The van der Waals surface area contributed by atoms with Crippen molar-refractivity contribution in [3.05, 3.63) is 11.6 Å². The summed E-state index contributed by atoms with van der Waals surface area (Å²) in [6, 6.07) is 0. The van der Waals surface area contributed by atoms with Crippen LogP contribution in [0.4, 0.5) is 0 Å². The van der Waals surface area contributed by atoms with Crippen molar-refractivity contribution in [1.82, 2.24) is 0 Å². The second-order valence-electron chi connectivity index (χ2n) is 12.8. The second kappa shape index (κ2) is 5.66. The summed E-state index contributed by atoms with van der Waals surface area (Å²) in [7, 11) is 0. The van der Waals surface area contributed by atoms with Gasteiger partial charge in [-0.1, -0.05) is 59.6 Å². The second-order valence-corrected chi connectivity index (χ2v) is 12.8. The molecule has 5 aliphatic carbocycles. The van der Waals surface area contributed by atoms with E-state index < -0.39 is 0 Å². The Morgan fingerprint density at radius 2 is 1.63 bits per heavy atom. The zero-order valence-electron chi connectivity index (χ0n) is 19.0. The van der Waals surface area contributed by atoms with E-state index in [1.54, 1.807) is 0 Å². The highest BCUT2D eigenvalue weighted by Crippen LogP contribution is 2.74. The van der Waals surface area contributed by atoms with Gasteiger partial charge in [0.1, 0.15) is 0 Å². The lowest BCUT2D eigenvalue weighted by Crippen LogP contribution is -2.60. The smallest absolute Gasteiger partial charge is 0.00564 e. The molecule has 5 aliphatic rings. The molecule has 0 aromatic rings. The molecule has 0 nitrogen and oxygen atoms in total. The van der Waals surface area contributed by atoms with Gasteiger partial charge in [0.2, 0.25) is 0 Å². The minimum absolute atomic E-state index is 0.460. The van der Waals surface area contributed by atoms with Crippen LogP contribution in [0.2, 0.25) is 0 Å². The van der Waals surface area contributed by atoms with E-state index >= 15 is 0 Å². The monoisotopic (exact) mass is 368 g/mol. The molecule has 0 aliphatic heterocycles. The molecule has 0 aromatic carbocycles. The number of hydrogen-bond donors (Lipinski definition) is 0. The fraction of sp³-hybridized carbons (Fsp3) is 0.926. The van der Waals surface area contributed by atoms with Crippen molar-refractivity contribution in [2.24, 2.45) is 51.2 Å². The molecule has 0 bridgehead atoms. The first-order valence-corrected chi connectivity index (χ1v) is 12.4. The van der Waals surface area contributed by atoms with Gasteiger partial charge < -0.3 is 0 Å². The first-order chi connectivity index (χ1) is 12.7. The minimum Gasteiger partial charge on any atom is -0.0841 e. The van der Waals surface area contributed by atoms with E-state index in [1.165, 1.54) is 64.2 Å². The van der Waals surface area contributed by atoms with Crippen LogP contribution in [-0.4, -0.2) is 0 Å². The van der Waals surface area contributed by atoms with Crippen LogP contribution in [0.1, 0.15) is 106 Å². The van der Waals surface area contributed by atoms with Crippen LogP contribution in [0.15, 0.2) is 11.6 Å². The molecule has 4 saturated carbocycles. The van der Waals surface area contributed by atoms with E-state index in [9.17, 15) is 0 Å². The predicted octanol–water partition coefficient (Wildman–Crippen LogP) is 8.03. The van der Waals surface area contributed by atoms with Crippen LogP contribution in [0.5, 0.6) is 0 Å². The fourth-order valence-corrected chi connectivity index (χ4v) is 9.88. The molecule has 5 rings (SSSR count). The fourth-order valence-electron chi connectivity index (χ4n) is 9.88. The average molecular weight is 369 g/mol. The summed E-state index contributed by atoms with van der Waals surface area (Å²) in [5.74, 6) is 4.58. The van der Waals surface area contributed by atoms with Crippen molar-refractivity contribution in [2.45, 2.75) is 106 Å². The Kier molecular flexibility index (Phi) is 3.93. The molecular formula is C27H44. The molecule has 0 spiro atoms. The van der Waals surface area contributed by atoms with Crippen molar-refractivity contribution in [2.75, 3.05) is 0 Å². The molecule has 27 heavy (non-hydrogen) atoms. The predicted molar refractivity (Wildman–Crippen MR) is 115 cm³/mol. The molecule has 0 saturated heterocycles. The molecule has 0 aromatic heterocycles. The Morgan fingerprint density at radius 1 is 0.852 bits per heavy atom. The van der Waals surface area contributed by atoms with Crippen LogP contribution in [-0.2, 0) is 0 Å². The molecule has 0 radical (unpaired) electrons. The standard InChI is InChI=1S/C27H44/c1-18-11-14-24(3)16-17-26(5)21(23(24)19(18)2)9-10-22-25(4)13-7-8-20(25)12-15-27(22,26)6/h9,18-20,22-23H,7-8,10-17H2,1-6H3/t18-,19+,20-,22-,23-,24+,25-,26-,27-/m1/s1. The van der Waals surface area contributed by atoms with Crippen molar-refractivity contribution in [1.29, 1.82) is 0 Å². The molecule has 152 valence electrons. The summed E-state index contributed by atoms with van der Waals surface area (Å²) in [6.07, 6.45) is 17.6. The van der Waals surface area contributed by atoms with Crippen LogP contribution in [0.25, 0.3) is 0 Å². The highest BCUT2D eigenvalue weighted by molar-refractivity contribution is 5.33. The maximum absolute atomic E-state index is 2.84. The van der Waals surface area contributed by atoms with E-state index in [1.807, 2.05) is 5.57 Å². The number of hydrogen-bond acceptors (Lipinski definition) is 0. The third kappa shape index (κ3) is 2.17. The van der Waals surface area contributed by atoms with Crippen molar-refractivity contribution in [3.8, 4) is 0 Å². The molecule has 0 heterocycles. The molecule has 0 heteroatoms. The quantitative estimate of drug-likeness (QED) is 0.380. The van der Waals surface area contributed by atoms with Crippen molar-refractivity contribution >= 4 is 0 Å². The lowest BCUT2D eigenvalue weighted by molar-refractivity contribution is -0.138. The van der Waals surface area contributed by atoms with Gasteiger partial charge in [-0.05, 0) is 109 Å². The van der Waals surface area contributed by atoms with Gasteiger partial charge in [-0.25, -0.2) is 0 Å². The van der Waals surface area contributed by atoms with Crippen LogP contribution >= 0.6 is 0 Å².